The minimum Gasteiger partial charge on any atom is -0.309 e. The number of hydrogen-bond acceptors (Lipinski definition) is 2. The molecule has 2 rings (SSSR count). The molecule has 1 fully saturated rings. The van der Waals surface area contributed by atoms with Crippen molar-refractivity contribution in [3.63, 3.8) is 0 Å². The third kappa shape index (κ3) is 2.92. The highest BCUT2D eigenvalue weighted by Gasteiger charge is 2.36. The molecule has 1 saturated carbocycles. The zero-order valence-electron chi connectivity index (χ0n) is 11.4. The number of nitrogens with one attached hydrogen (secondary N) is 1. The van der Waals surface area contributed by atoms with E-state index in [-0.39, 0.29) is 0 Å². The Labute approximate surface area is 110 Å². The van der Waals surface area contributed by atoms with E-state index in [4.69, 9.17) is 0 Å². The van der Waals surface area contributed by atoms with Gasteiger partial charge < -0.3 is 5.32 Å². The van der Waals surface area contributed by atoms with Gasteiger partial charge in [-0.3, -0.25) is 0 Å². The van der Waals surface area contributed by atoms with Crippen LogP contribution in [0, 0.1) is 12.3 Å². The molecule has 0 aromatic carbocycles. The lowest BCUT2D eigenvalue weighted by Gasteiger charge is -2.41. The molecule has 1 atom stereocenters. The first-order valence-electron chi connectivity index (χ1n) is 6.95. The van der Waals surface area contributed by atoms with Crippen LogP contribution < -0.4 is 5.32 Å². The van der Waals surface area contributed by atoms with Crippen molar-refractivity contribution in [2.24, 2.45) is 5.41 Å². The van der Waals surface area contributed by atoms with Crippen molar-refractivity contribution in [1.29, 1.82) is 0 Å². The molecule has 0 radical (unpaired) electrons. The monoisotopic (exact) mass is 251 g/mol. The van der Waals surface area contributed by atoms with Gasteiger partial charge in [0.25, 0.3) is 0 Å². The van der Waals surface area contributed by atoms with E-state index < -0.39 is 0 Å². The molecule has 96 valence electrons. The summed E-state index contributed by atoms with van der Waals surface area (Å²) in [5.41, 5.74) is 0.464. The van der Waals surface area contributed by atoms with Crippen molar-refractivity contribution in [1.82, 2.24) is 5.32 Å². The second kappa shape index (κ2) is 5.53. The van der Waals surface area contributed by atoms with Gasteiger partial charge in [0.05, 0.1) is 0 Å². The molecule has 1 nitrogen and oxygen atoms in total. The first-order valence-corrected chi connectivity index (χ1v) is 7.77. The summed E-state index contributed by atoms with van der Waals surface area (Å²) in [5, 5.41) is 3.73. The van der Waals surface area contributed by atoms with Gasteiger partial charge in [-0.1, -0.05) is 33.1 Å². The molecule has 2 heteroatoms. The van der Waals surface area contributed by atoms with Crippen LogP contribution in [0.5, 0.6) is 0 Å². The standard InChI is InChI=1S/C15H25NS/c1-4-16-14(13-9-8-12(2)17-13)15(3)10-6-5-7-11-15/h8-9,14,16H,4-7,10-11H2,1-3H3. The third-order valence-corrected chi connectivity index (χ3v) is 5.21. The van der Waals surface area contributed by atoms with Gasteiger partial charge in [0.1, 0.15) is 0 Å². The lowest BCUT2D eigenvalue weighted by atomic mass is 9.70. The van der Waals surface area contributed by atoms with E-state index in [1.165, 1.54) is 41.9 Å². The van der Waals surface area contributed by atoms with Crippen molar-refractivity contribution in [2.45, 2.75) is 58.9 Å². The highest BCUT2D eigenvalue weighted by molar-refractivity contribution is 7.12. The van der Waals surface area contributed by atoms with Gasteiger partial charge in [-0.05, 0) is 43.9 Å². The van der Waals surface area contributed by atoms with Gasteiger partial charge in [0, 0.05) is 15.8 Å². The number of aryl methyl sites for hydroxylation is 1. The molecule has 0 amide bonds. The fourth-order valence-corrected chi connectivity index (χ4v) is 4.28. The molecule has 1 heterocycles. The van der Waals surface area contributed by atoms with Gasteiger partial charge in [0.15, 0.2) is 0 Å². The van der Waals surface area contributed by atoms with E-state index in [9.17, 15) is 0 Å². The largest absolute Gasteiger partial charge is 0.309 e. The van der Waals surface area contributed by atoms with Crippen LogP contribution in [0.1, 0.15) is 61.7 Å². The zero-order chi connectivity index (χ0) is 12.3. The summed E-state index contributed by atoms with van der Waals surface area (Å²) in [5.74, 6) is 0. The third-order valence-electron chi connectivity index (χ3n) is 4.15. The van der Waals surface area contributed by atoms with Crippen LogP contribution in [-0.4, -0.2) is 6.54 Å². The Hall–Kier alpha value is -0.340. The van der Waals surface area contributed by atoms with Crippen LogP contribution in [0.25, 0.3) is 0 Å². The molecule has 0 bridgehead atoms. The predicted molar refractivity (Wildman–Crippen MR) is 76.7 cm³/mol. The summed E-state index contributed by atoms with van der Waals surface area (Å²) in [6, 6.07) is 5.15. The van der Waals surface area contributed by atoms with Crippen LogP contribution >= 0.6 is 11.3 Å². The van der Waals surface area contributed by atoms with Crippen molar-refractivity contribution in [3.8, 4) is 0 Å². The predicted octanol–water partition coefficient (Wildman–Crippen LogP) is 4.68. The SMILES string of the molecule is CCNC(c1ccc(C)s1)C1(C)CCCCC1. The topological polar surface area (TPSA) is 12.0 Å². The Morgan fingerprint density at radius 2 is 2.00 bits per heavy atom. The highest BCUT2D eigenvalue weighted by Crippen LogP contribution is 2.46. The van der Waals surface area contributed by atoms with Gasteiger partial charge in [-0.25, -0.2) is 0 Å². The fourth-order valence-electron chi connectivity index (χ4n) is 3.15. The Kier molecular flexibility index (Phi) is 4.26. The fraction of sp³-hybridized carbons (Fsp3) is 0.733. The first-order chi connectivity index (χ1) is 8.15. The minimum absolute atomic E-state index is 0.464. The van der Waals surface area contributed by atoms with Crippen LogP contribution in [0.4, 0.5) is 0 Å². The molecule has 1 aromatic heterocycles. The van der Waals surface area contributed by atoms with Crippen molar-refractivity contribution >= 4 is 11.3 Å². The van der Waals surface area contributed by atoms with E-state index in [0.717, 1.165) is 6.54 Å². The summed E-state index contributed by atoms with van der Waals surface area (Å²) >= 11 is 1.97. The van der Waals surface area contributed by atoms with Gasteiger partial charge >= 0.3 is 0 Å². The summed E-state index contributed by atoms with van der Waals surface area (Å²) in [4.78, 5) is 2.97. The lowest BCUT2D eigenvalue weighted by Crippen LogP contribution is -2.37. The van der Waals surface area contributed by atoms with Gasteiger partial charge in [-0.2, -0.15) is 0 Å². The van der Waals surface area contributed by atoms with Gasteiger partial charge in [-0.15, -0.1) is 11.3 Å². The summed E-state index contributed by atoms with van der Waals surface area (Å²) in [6.07, 6.45) is 6.99. The van der Waals surface area contributed by atoms with Gasteiger partial charge in [0.2, 0.25) is 0 Å². The van der Waals surface area contributed by atoms with Crippen LogP contribution in [0.2, 0.25) is 0 Å². The molecular formula is C15H25NS. The smallest absolute Gasteiger partial charge is 0.0469 e. The van der Waals surface area contributed by atoms with Crippen molar-refractivity contribution in [2.75, 3.05) is 6.54 Å². The second-order valence-corrected chi connectivity index (χ2v) is 6.97. The Balaban J connectivity index is 2.21. The second-order valence-electron chi connectivity index (χ2n) is 5.65. The highest BCUT2D eigenvalue weighted by atomic mass is 32.1. The van der Waals surface area contributed by atoms with Crippen LogP contribution in [-0.2, 0) is 0 Å². The summed E-state index contributed by atoms with van der Waals surface area (Å²) in [6.45, 7) is 7.98. The Morgan fingerprint density at radius 1 is 1.29 bits per heavy atom. The minimum atomic E-state index is 0.464. The molecule has 1 aliphatic carbocycles. The van der Waals surface area contributed by atoms with Crippen molar-refractivity contribution < 1.29 is 0 Å². The number of thiophene rings is 1. The molecule has 0 saturated heterocycles. The quantitative estimate of drug-likeness (QED) is 0.819. The first kappa shape index (κ1) is 13.1. The maximum absolute atomic E-state index is 3.73. The average molecular weight is 251 g/mol. The lowest BCUT2D eigenvalue weighted by molar-refractivity contribution is 0.148. The van der Waals surface area contributed by atoms with E-state index >= 15 is 0 Å². The molecule has 1 N–H and O–H groups in total. The molecule has 1 aliphatic rings. The molecule has 0 aliphatic heterocycles. The van der Waals surface area contributed by atoms with E-state index in [1.54, 1.807) is 0 Å². The molecule has 1 unspecified atom stereocenters. The maximum Gasteiger partial charge on any atom is 0.0469 e. The summed E-state index contributed by atoms with van der Waals surface area (Å²) in [7, 11) is 0. The molecular weight excluding hydrogens is 226 g/mol. The number of rotatable bonds is 4. The van der Waals surface area contributed by atoms with Crippen LogP contribution in [0.15, 0.2) is 12.1 Å². The maximum atomic E-state index is 3.73. The van der Waals surface area contributed by atoms with E-state index in [1.807, 2.05) is 11.3 Å². The number of hydrogen-bond donors (Lipinski definition) is 1. The van der Waals surface area contributed by atoms with E-state index in [0.29, 0.717) is 11.5 Å². The summed E-state index contributed by atoms with van der Waals surface area (Å²) < 4.78 is 0. The normalized spacial score (nSPS) is 21.4. The van der Waals surface area contributed by atoms with Crippen LogP contribution in [0.3, 0.4) is 0 Å². The van der Waals surface area contributed by atoms with E-state index in [2.05, 4.69) is 38.2 Å². The molecule has 17 heavy (non-hydrogen) atoms. The van der Waals surface area contributed by atoms with Crippen molar-refractivity contribution in [3.05, 3.63) is 21.9 Å². The average Bonchev–Trinajstić information content (AvgIpc) is 2.73. The molecule has 1 aromatic rings. The Bertz CT molecular complexity index is 350. The zero-order valence-corrected chi connectivity index (χ0v) is 12.2. The Morgan fingerprint density at radius 3 is 2.53 bits per heavy atom. The molecule has 0 spiro atoms.